The summed E-state index contributed by atoms with van der Waals surface area (Å²) in [7, 11) is 0. The molecule has 2 aromatic rings. The average Bonchev–Trinajstić information content (AvgIpc) is 3.45. The van der Waals surface area contributed by atoms with Crippen molar-refractivity contribution in [3.05, 3.63) is 38.2 Å². The van der Waals surface area contributed by atoms with Gasteiger partial charge in [0.15, 0.2) is 11.4 Å². The third kappa shape index (κ3) is 4.25. The van der Waals surface area contributed by atoms with Crippen molar-refractivity contribution < 1.29 is 14.3 Å². The Labute approximate surface area is 168 Å². The van der Waals surface area contributed by atoms with Gasteiger partial charge in [0, 0.05) is 11.9 Å². The molecule has 1 aromatic heterocycles. The van der Waals surface area contributed by atoms with Crippen LogP contribution in [0.5, 0.6) is 5.75 Å². The number of fused-ring (bicyclic) bond motifs is 1. The summed E-state index contributed by atoms with van der Waals surface area (Å²) in [5.74, 6) is 0.171. The molecule has 0 unspecified atom stereocenters. The second-order valence-corrected chi connectivity index (χ2v) is 7.59. The van der Waals surface area contributed by atoms with Crippen LogP contribution in [0.25, 0.3) is 10.8 Å². The first-order valence-electron chi connectivity index (χ1n) is 9.33. The van der Waals surface area contributed by atoms with Gasteiger partial charge < -0.3 is 9.47 Å². The molecule has 7 heteroatoms. The number of benzene rings is 1. The lowest BCUT2D eigenvalue weighted by Crippen LogP contribution is -2.29. The van der Waals surface area contributed by atoms with Gasteiger partial charge in [-0.25, -0.2) is 4.79 Å². The van der Waals surface area contributed by atoms with E-state index in [0.717, 1.165) is 25.7 Å². The molecule has 0 radical (unpaired) electrons. The van der Waals surface area contributed by atoms with Crippen molar-refractivity contribution in [2.75, 3.05) is 13.2 Å². The standard InChI is InChI=1S/C20H23Cl2NO4/c1-3-5-8-27-18-13-9-15(21)16(22)10-14(13)19(24)23(11-12-6-7-12)17(18)20(25)26-4-2/h9-10,12H,3-8,11H2,1-2H3. The molecule has 3 rings (SSSR count). The van der Waals surface area contributed by atoms with Crippen LogP contribution in [-0.4, -0.2) is 23.8 Å². The lowest BCUT2D eigenvalue weighted by Gasteiger charge is -2.19. The first kappa shape index (κ1) is 20.0. The molecule has 1 aliphatic carbocycles. The normalized spacial score (nSPS) is 13.8. The SMILES string of the molecule is CCCCOc1c(C(=O)OCC)n(CC2CC2)c(=O)c2cc(Cl)c(Cl)cc12. The molecule has 0 N–H and O–H groups in total. The predicted molar refractivity (Wildman–Crippen MR) is 107 cm³/mol. The van der Waals surface area contributed by atoms with E-state index in [1.165, 1.54) is 4.57 Å². The van der Waals surface area contributed by atoms with E-state index in [2.05, 4.69) is 6.92 Å². The minimum Gasteiger partial charge on any atom is -0.490 e. The van der Waals surface area contributed by atoms with Gasteiger partial charge in [0.2, 0.25) is 0 Å². The molecule has 0 bridgehead atoms. The predicted octanol–water partition coefficient (Wildman–Crippen LogP) is 5.07. The van der Waals surface area contributed by atoms with Gasteiger partial charge in [-0.05, 0) is 44.2 Å². The number of pyridine rings is 1. The topological polar surface area (TPSA) is 57.5 Å². The Kier molecular flexibility index (Phi) is 6.33. The molecule has 1 aliphatic rings. The van der Waals surface area contributed by atoms with Crippen LogP contribution in [0.3, 0.4) is 0 Å². The van der Waals surface area contributed by atoms with Crippen molar-refractivity contribution in [2.24, 2.45) is 5.92 Å². The van der Waals surface area contributed by atoms with Crippen LogP contribution >= 0.6 is 23.2 Å². The molecule has 0 atom stereocenters. The van der Waals surface area contributed by atoms with Crippen molar-refractivity contribution in [2.45, 2.75) is 46.1 Å². The quantitative estimate of drug-likeness (QED) is 0.449. The zero-order valence-corrected chi connectivity index (χ0v) is 17.0. The summed E-state index contributed by atoms with van der Waals surface area (Å²) in [5, 5.41) is 1.48. The first-order chi connectivity index (χ1) is 13.0. The number of hydrogen-bond acceptors (Lipinski definition) is 4. The van der Waals surface area contributed by atoms with E-state index in [9.17, 15) is 9.59 Å². The van der Waals surface area contributed by atoms with Gasteiger partial charge in [-0.2, -0.15) is 0 Å². The zero-order chi connectivity index (χ0) is 19.6. The fourth-order valence-corrected chi connectivity index (χ4v) is 3.34. The maximum Gasteiger partial charge on any atom is 0.358 e. The summed E-state index contributed by atoms with van der Waals surface area (Å²) in [4.78, 5) is 25.9. The largest absolute Gasteiger partial charge is 0.490 e. The van der Waals surface area contributed by atoms with Gasteiger partial charge in [-0.3, -0.25) is 9.36 Å². The van der Waals surface area contributed by atoms with Crippen molar-refractivity contribution in [3.8, 4) is 5.75 Å². The number of esters is 1. The molecule has 0 saturated heterocycles. The van der Waals surface area contributed by atoms with E-state index >= 15 is 0 Å². The Balaban J connectivity index is 2.29. The molecule has 27 heavy (non-hydrogen) atoms. The molecular formula is C20H23Cl2NO4. The summed E-state index contributed by atoms with van der Waals surface area (Å²) in [6, 6.07) is 3.14. The molecule has 1 aromatic carbocycles. The Morgan fingerprint density at radius 3 is 2.44 bits per heavy atom. The summed E-state index contributed by atoms with van der Waals surface area (Å²) in [5.41, 5.74) is -0.114. The Bertz CT molecular complexity index is 919. The molecular weight excluding hydrogens is 389 g/mol. The van der Waals surface area contributed by atoms with Gasteiger partial charge in [0.05, 0.1) is 28.6 Å². The van der Waals surface area contributed by atoms with Crippen LogP contribution in [0.2, 0.25) is 10.0 Å². The second-order valence-electron chi connectivity index (χ2n) is 6.77. The lowest BCUT2D eigenvalue weighted by atomic mass is 10.1. The van der Waals surface area contributed by atoms with Gasteiger partial charge in [0.1, 0.15) is 0 Å². The number of hydrogen-bond donors (Lipinski definition) is 0. The van der Waals surface area contributed by atoms with Gasteiger partial charge >= 0.3 is 5.97 Å². The molecule has 146 valence electrons. The minimum absolute atomic E-state index is 0.163. The van der Waals surface area contributed by atoms with Gasteiger partial charge in [-0.15, -0.1) is 0 Å². The maximum atomic E-state index is 13.2. The molecule has 0 aliphatic heterocycles. The average molecular weight is 412 g/mol. The van der Waals surface area contributed by atoms with Crippen LogP contribution < -0.4 is 10.3 Å². The summed E-state index contributed by atoms with van der Waals surface area (Å²) in [6.07, 6.45) is 3.86. The third-order valence-corrected chi connectivity index (χ3v) is 5.34. The number of aromatic nitrogens is 1. The number of carbonyl (C=O) groups excluding carboxylic acids is 1. The van der Waals surface area contributed by atoms with Crippen LogP contribution in [0, 0.1) is 5.92 Å². The van der Waals surface area contributed by atoms with Crippen molar-refractivity contribution in [1.82, 2.24) is 4.57 Å². The first-order valence-corrected chi connectivity index (χ1v) is 10.1. The lowest BCUT2D eigenvalue weighted by molar-refractivity contribution is 0.0506. The number of unbranched alkanes of at least 4 members (excludes halogenated alkanes) is 1. The molecule has 1 fully saturated rings. The summed E-state index contributed by atoms with van der Waals surface area (Å²) in [6.45, 7) is 4.90. The number of rotatable bonds is 8. The Morgan fingerprint density at radius 2 is 1.85 bits per heavy atom. The highest BCUT2D eigenvalue weighted by Crippen LogP contribution is 2.36. The fourth-order valence-electron chi connectivity index (χ4n) is 3.01. The van der Waals surface area contributed by atoms with Crippen LogP contribution in [0.15, 0.2) is 16.9 Å². The van der Waals surface area contributed by atoms with E-state index in [-0.39, 0.29) is 17.9 Å². The smallest absolute Gasteiger partial charge is 0.358 e. The second kappa shape index (κ2) is 8.53. The molecule has 1 saturated carbocycles. The number of ether oxygens (including phenoxy) is 2. The third-order valence-electron chi connectivity index (χ3n) is 4.62. The fraction of sp³-hybridized carbons (Fsp3) is 0.500. The Hall–Kier alpha value is -1.72. The van der Waals surface area contributed by atoms with E-state index in [1.807, 2.05) is 0 Å². The van der Waals surface area contributed by atoms with Crippen molar-refractivity contribution >= 4 is 39.9 Å². The van der Waals surface area contributed by atoms with E-state index < -0.39 is 5.97 Å². The van der Waals surface area contributed by atoms with Gasteiger partial charge in [-0.1, -0.05) is 36.5 Å². The Morgan fingerprint density at radius 1 is 1.19 bits per heavy atom. The molecule has 0 amide bonds. The highest BCUT2D eigenvalue weighted by atomic mass is 35.5. The maximum absolute atomic E-state index is 13.2. The van der Waals surface area contributed by atoms with E-state index in [1.54, 1.807) is 19.1 Å². The monoisotopic (exact) mass is 411 g/mol. The number of halogens is 2. The van der Waals surface area contributed by atoms with Crippen LogP contribution in [0.1, 0.15) is 50.0 Å². The number of nitrogens with zero attached hydrogens (tertiary/aromatic N) is 1. The van der Waals surface area contributed by atoms with Crippen molar-refractivity contribution in [1.29, 1.82) is 0 Å². The van der Waals surface area contributed by atoms with Crippen LogP contribution in [0.4, 0.5) is 0 Å². The molecule has 1 heterocycles. The van der Waals surface area contributed by atoms with E-state index in [4.69, 9.17) is 32.7 Å². The highest BCUT2D eigenvalue weighted by molar-refractivity contribution is 6.42. The zero-order valence-electron chi connectivity index (χ0n) is 15.5. The van der Waals surface area contributed by atoms with Crippen molar-refractivity contribution in [3.63, 3.8) is 0 Å². The molecule has 5 nitrogen and oxygen atoms in total. The summed E-state index contributed by atoms with van der Waals surface area (Å²) >= 11 is 12.3. The number of carbonyl (C=O) groups is 1. The van der Waals surface area contributed by atoms with Gasteiger partial charge in [0.25, 0.3) is 5.56 Å². The highest BCUT2D eigenvalue weighted by Gasteiger charge is 2.30. The van der Waals surface area contributed by atoms with Crippen LogP contribution in [-0.2, 0) is 11.3 Å². The van der Waals surface area contributed by atoms with E-state index in [0.29, 0.717) is 45.6 Å². The molecule has 0 spiro atoms. The summed E-state index contributed by atoms with van der Waals surface area (Å²) < 4.78 is 12.7. The minimum atomic E-state index is -0.560.